The topological polar surface area (TPSA) is 50.4 Å². The number of piperidine rings is 1. The van der Waals surface area contributed by atoms with Crippen LogP contribution in [0.4, 0.5) is 0 Å². The number of rotatable bonds is 7. The second-order valence-electron chi connectivity index (χ2n) is 4.38. The molecule has 4 heteroatoms. The van der Waals surface area contributed by atoms with Gasteiger partial charge in [0.2, 0.25) is 5.91 Å². The summed E-state index contributed by atoms with van der Waals surface area (Å²) in [6.07, 6.45) is 4.54. The van der Waals surface area contributed by atoms with Crippen LogP contribution in [0.2, 0.25) is 0 Å². The molecule has 0 spiro atoms. The maximum Gasteiger partial charge on any atom is 0.245 e. The molecule has 0 atom stereocenters. The fraction of sp³-hybridized carbons (Fsp3) is 0.917. The van der Waals surface area contributed by atoms with E-state index in [1.54, 1.807) is 0 Å². The van der Waals surface area contributed by atoms with Crippen LogP contribution >= 0.6 is 0 Å². The van der Waals surface area contributed by atoms with Crippen LogP contribution in [0.25, 0.3) is 0 Å². The van der Waals surface area contributed by atoms with Crippen molar-refractivity contribution in [2.45, 2.75) is 32.6 Å². The molecule has 1 aliphatic heterocycles. The van der Waals surface area contributed by atoms with Crippen molar-refractivity contribution in [2.75, 3.05) is 32.8 Å². The van der Waals surface area contributed by atoms with Crippen LogP contribution in [0.1, 0.15) is 32.6 Å². The Morgan fingerprint density at radius 1 is 1.44 bits per heavy atom. The van der Waals surface area contributed by atoms with Gasteiger partial charge < -0.3 is 15.4 Å². The molecule has 0 aliphatic carbocycles. The van der Waals surface area contributed by atoms with E-state index in [-0.39, 0.29) is 12.5 Å². The Balaban J connectivity index is 1.94. The first-order chi connectivity index (χ1) is 7.83. The van der Waals surface area contributed by atoms with Crippen LogP contribution in [0.15, 0.2) is 0 Å². The molecule has 1 amide bonds. The molecule has 16 heavy (non-hydrogen) atoms. The van der Waals surface area contributed by atoms with E-state index in [9.17, 15) is 4.79 Å². The largest absolute Gasteiger partial charge is 0.372 e. The van der Waals surface area contributed by atoms with Crippen molar-refractivity contribution in [3.63, 3.8) is 0 Å². The van der Waals surface area contributed by atoms with E-state index in [1.807, 2.05) is 6.92 Å². The molecule has 0 aromatic carbocycles. The molecule has 2 N–H and O–H groups in total. The highest BCUT2D eigenvalue weighted by molar-refractivity contribution is 5.77. The molecule has 0 bridgehead atoms. The number of ether oxygens (including phenoxy) is 1. The number of hydrogen-bond acceptors (Lipinski definition) is 3. The van der Waals surface area contributed by atoms with Crippen molar-refractivity contribution in [1.82, 2.24) is 10.6 Å². The molecule has 1 rings (SSSR count). The Hall–Kier alpha value is -0.610. The van der Waals surface area contributed by atoms with Crippen LogP contribution in [0.3, 0.4) is 0 Å². The third-order valence-corrected chi connectivity index (χ3v) is 2.92. The first kappa shape index (κ1) is 13.5. The van der Waals surface area contributed by atoms with Crippen molar-refractivity contribution in [3.8, 4) is 0 Å². The molecule has 0 aromatic heterocycles. The molecular formula is C12H24N2O2. The van der Waals surface area contributed by atoms with Crippen molar-refractivity contribution < 1.29 is 9.53 Å². The molecule has 1 fully saturated rings. The highest BCUT2D eigenvalue weighted by Crippen LogP contribution is 2.14. The molecule has 0 radical (unpaired) electrons. The number of carbonyl (C=O) groups is 1. The summed E-state index contributed by atoms with van der Waals surface area (Å²) in [5.74, 6) is 0.792. The second kappa shape index (κ2) is 8.53. The summed E-state index contributed by atoms with van der Waals surface area (Å²) in [6.45, 7) is 5.95. The van der Waals surface area contributed by atoms with E-state index < -0.39 is 0 Å². The first-order valence-electron chi connectivity index (χ1n) is 6.38. The molecule has 0 saturated carbocycles. The number of carbonyl (C=O) groups excluding carboxylic acids is 1. The van der Waals surface area contributed by atoms with Gasteiger partial charge in [-0.2, -0.15) is 0 Å². The summed E-state index contributed by atoms with van der Waals surface area (Å²) >= 11 is 0. The van der Waals surface area contributed by atoms with Crippen molar-refractivity contribution in [2.24, 2.45) is 5.92 Å². The third kappa shape index (κ3) is 6.08. The molecule has 0 aromatic rings. The van der Waals surface area contributed by atoms with Crippen LogP contribution in [0, 0.1) is 5.92 Å². The Labute approximate surface area is 98.1 Å². The summed E-state index contributed by atoms with van der Waals surface area (Å²) in [5, 5.41) is 6.25. The Bertz CT molecular complexity index is 191. The molecule has 1 saturated heterocycles. The average molecular weight is 228 g/mol. The maximum absolute atomic E-state index is 11.3. The number of nitrogens with one attached hydrogen (secondary N) is 2. The fourth-order valence-electron chi connectivity index (χ4n) is 1.95. The lowest BCUT2D eigenvalue weighted by molar-refractivity contribution is -0.125. The SMILES string of the molecule is CCCOCC(=O)NCCC1CCNCC1. The lowest BCUT2D eigenvalue weighted by Gasteiger charge is -2.22. The zero-order chi connectivity index (χ0) is 11.6. The van der Waals surface area contributed by atoms with Crippen molar-refractivity contribution >= 4 is 5.91 Å². The average Bonchev–Trinajstić information content (AvgIpc) is 2.31. The van der Waals surface area contributed by atoms with E-state index in [0.29, 0.717) is 6.61 Å². The summed E-state index contributed by atoms with van der Waals surface area (Å²) in [4.78, 5) is 11.3. The zero-order valence-corrected chi connectivity index (χ0v) is 10.3. The van der Waals surface area contributed by atoms with E-state index in [2.05, 4.69) is 10.6 Å². The Morgan fingerprint density at radius 2 is 2.19 bits per heavy atom. The monoisotopic (exact) mass is 228 g/mol. The zero-order valence-electron chi connectivity index (χ0n) is 10.3. The maximum atomic E-state index is 11.3. The minimum Gasteiger partial charge on any atom is -0.372 e. The highest BCUT2D eigenvalue weighted by Gasteiger charge is 2.12. The standard InChI is InChI=1S/C12H24N2O2/c1-2-9-16-10-12(15)14-8-5-11-3-6-13-7-4-11/h11,13H,2-10H2,1H3,(H,14,15). The van der Waals surface area contributed by atoms with Gasteiger partial charge in [-0.3, -0.25) is 4.79 Å². The van der Waals surface area contributed by atoms with Crippen molar-refractivity contribution in [3.05, 3.63) is 0 Å². The van der Waals surface area contributed by atoms with Crippen LogP contribution < -0.4 is 10.6 Å². The predicted molar refractivity (Wildman–Crippen MR) is 64.3 cm³/mol. The minimum absolute atomic E-state index is 0.0161. The molecule has 94 valence electrons. The van der Waals surface area contributed by atoms with Crippen LogP contribution in [-0.2, 0) is 9.53 Å². The molecule has 0 unspecified atom stereocenters. The number of hydrogen-bond donors (Lipinski definition) is 2. The Morgan fingerprint density at radius 3 is 2.88 bits per heavy atom. The summed E-state index contributed by atoms with van der Waals surface area (Å²) in [7, 11) is 0. The van der Waals surface area contributed by atoms with E-state index >= 15 is 0 Å². The molecule has 1 heterocycles. The molecule has 1 aliphatic rings. The lowest BCUT2D eigenvalue weighted by atomic mass is 9.95. The van der Waals surface area contributed by atoms with Gasteiger partial charge in [0, 0.05) is 13.2 Å². The smallest absolute Gasteiger partial charge is 0.245 e. The quantitative estimate of drug-likeness (QED) is 0.637. The van der Waals surface area contributed by atoms with Gasteiger partial charge in [-0.25, -0.2) is 0 Å². The lowest BCUT2D eigenvalue weighted by Crippen LogP contribution is -2.32. The van der Waals surface area contributed by atoms with Gasteiger partial charge in [0.1, 0.15) is 6.61 Å². The predicted octanol–water partition coefficient (Wildman–Crippen LogP) is 0.919. The van der Waals surface area contributed by atoms with Gasteiger partial charge >= 0.3 is 0 Å². The number of amides is 1. The minimum atomic E-state index is 0.0161. The highest BCUT2D eigenvalue weighted by atomic mass is 16.5. The van der Waals surface area contributed by atoms with Crippen LogP contribution in [0.5, 0.6) is 0 Å². The van der Waals surface area contributed by atoms with Gasteiger partial charge in [-0.15, -0.1) is 0 Å². The van der Waals surface area contributed by atoms with Gasteiger partial charge in [0.05, 0.1) is 0 Å². The van der Waals surface area contributed by atoms with Gasteiger partial charge in [-0.05, 0) is 44.7 Å². The molecular weight excluding hydrogens is 204 g/mol. The van der Waals surface area contributed by atoms with Gasteiger partial charge in [0.25, 0.3) is 0 Å². The van der Waals surface area contributed by atoms with Gasteiger partial charge in [-0.1, -0.05) is 6.92 Å². The van der Waals surface area contributed by atoms with E-state index in [4.69, 9.17) is 4.74 Å². The molecule has 4 nitrogen and oxygen atoms in total. The van der Waals surface area contributed by atoms with Crippen LogP contribution in [-0.4, -0.2) is 38.8 Å². The first-order valence-corrected chi connectivity index (χ1v) is 6.38. The second-order valence-corrected chi connectivity index (χ2v) is 4.38. The van der Waals surface area contributed by atoms with E-state index in [0.717, 1.165) is 38.4 Å². The fourth-order valence-corrected chi connectivity index (χ4v) is 1.95. The summed E-state index contributed by atoms with van der Waals surface area (Å²) < 4.78 is 5.17. The van der Waals surface area contributed by atoms with Gasteiger partial charge in [0.15, 0.2) is 0 Å². The summed E-state index contributed by atoms with van der Waals surface area (Å²) in [5.41, 5.74) is 0. The summed E-state index contributed by atoms with van der Waals surface area (Å²) in [6, 6.07) is 0. The Kier molecular flexibility index (Phi) is 7.17. The van der Waals surface area contributed by atoms with Crippen molar-refractivity contribution in [1.29, 1.82) is 0 Å². The normalized spacial score (nSPS) is 17.3. The van der Waals surface area contributed by atoms with E-state index in [1.165, 1.54) is 12.8 Å². The third-order valence-electron chi connectivity index (χ3n) is 2.92.